The lowest BCUT2D eigenvalue weighted by Gasteiger charge is -2.37. The van der Waals surface area contributed by atoms with Gasteiger partial charge in [0.15, 0.2) is 11.6 Å². The van der Waals surface area contributed by atoms with Crippen LogP contribution in [0.4, 0.5) is 5.69 Å². The van der Waals surface area contributed by atoms with Crippen LogP contribution in [0.3, 0.4) is 0 Å². The zero-order chi connectivity index (χ0) is 24.4. The lowest BCUT2D eigenvalue weighted by molar-refractivity contribution is 0.0971. The monoisotopic (exact) mass is 486 g/mol. The number of nitrogens with zero attached hydrogens (tertiary/aromatic N) is 2. The van der Waals surface area contributed by atoms with Crippen LogP contribution in [0.1, 0.15) is 51.1 Å². The lowest BCUT2D eigenvalue weighted by atomic mass is 9.83. The Kier molecular flexibility index (Phi) is 7.03. The molecule has 5 heteroatoms. The summed E-state index contributed by atoms with van der Waals surface area (Å²) in [5.74, 6) is 0.295. The maximum atomic E-state index is 12.9. The Balaban J connectivity index is 1.10. The van der Waals surface area contributed by atoms with Gasteiger partial charge < -0.3 is 4.90 Å². The summed E-state index contributed by atoms with van der Waals surface area (Å²) in [4.78, 5) is 30.3. The summed E-state index contributed by atoms with van der Waals surface area (Å²) >= 11 is 6.20. The number of carbonyl (C=O) groups excluding carboxylic acids is 2. The van der Waals surface area contributed by atoms with Gasteiger partial charge in [-0.2, -0.15) is 0 Å². The Labute approximate surface area is 212 Å². The summed E-state index contributed by atoms with van der Waals surface area (Å²) in [6, 6.07) is 19.7. The van der Waals surface area contributed by atoms with Crippen LogP contribution in [0.2, 0.25) is 5.02 Å². The predicted octanol–water partition coefficient (Wildman–Crippen LogP) is 6.23. The van der Waals surface area contributed by atoms with Crippen LogP contribution in [0.15, 0.2) is 60.7 Å². The first kappa shape index (κ1) is 23.8. The first-order valence-corrected chi connectivity index (χ1v) is 12.9. The number of anilines is 1. The molecule has 1 aliphatic heterocycles. The molecule has 180 valence electrons. The number of hydrogen-bond acceptors (Lipinski definition) is 4. The van der Waals surface area contributed by atoms with Gasteiger partial charge in [0.2, 0.25) is 0 Å². The lowest BCUT2D eigenvalue weighted by Crippen LogP contribution is -2.46. The van der Waals surface area contributed by atoms with E-state index in [2.05, 4.69) is 28.9 Å². The van der Waals surface area contributed by atoms with Gasteiger partial charge in [-0.1, -0.05) is 54.1 Å². The van der Waals surface area contributed by atoms with Crippen LogP contribution < -0.4 is 4.90 Å². The number of halogens is 1. The number of ketones is 2. The van der Waals surface area contributed by atoms with Crippen molar-refractivity contribution in [3.05, 3.63) is 87.9 Å². The van der Waals surface area contributed by atoms with Gasteiger partial charge >= 0.3 is 0 Å². The molecule has 0 spiro atoms. The second-order valence-corrected chi connectivity index (χ2v) is 10.1. The minimum absolute atomic E-state index is 0.128. The van der Waals surface area contributed by atoms with Gasteiger partial charge in [-0.05, 0) is 66.8 Å². The normalized spacial score (nSPS) is 15.6. The summed E-state index contributed by atoms with van der Waals surface area (Å²) in [6.07, 6.45) is 2.81. The van der Waals surface area contributed by atoms with E-state index >= 15 is 0 Å². The molecule has 1 heterocycles. The molecule has 5 rings (SSSR count). The SMILES string of the molecule is Cc1ccc(Cl)cc1N1CCN(CCCCC(=O)c2ccc3c(c2)CC(=O)c2ccccc2-3)CC1. The van der Waals surface area contributed by atoms with Crippen LogP contribution in [0.25, 0.3) is 11.1 Å². The van der Waals surface area contributed by atoms with Crippen LogP contribution in [-0.2, 0) is 6.42 Å². The number of aryl methyl sites for hydroxylation is 1. The Morgan fingerprint density at radius 2 is 1.66 bits per heavy atom. The molecular formula is C30H31ClN2O2. The number of rotatable bonds is 7. The molecule has 2 aliphatic rings. The summed E-state index contributed by atoms with van der Waals surface area (Å²) in [6.45, 7) is 7.20. The molecule has 0 aromatic heterocycles. The van der Waals surface area contributed by atoms with Gasteiger partial charge in [-0.25, -0.2) is 0 Å². The molecule has 35 heavy (non-hydrogen) atoms. The number of unbranched alkanes of at least 4 members (excludes halogenated alkanes) is 1. The molecule has 1 saturated heterocycles. The third-order valence-electron chi connectivity index (χ3n) is 7.31. The van der Waals surface area contributed by atoms with E-state index < -0.39 is 0 Å². The van der Waals surface area contributed by atoms with Crippen LogP contribution in [0, 0.1) is 6.92 Å². The standard InChI is InChI=1S/C30H31ClN2O2/c1-21-9-11-24(31)20-28(21)33-16-14-32(15-17-33)13-5-4-8-29(34)22-10-12-25-23(18-22)19-30(35)27-7-3-2-6-26(25)27/h2-3,6-7,9-12,18,20H,4-5,8,13-17,19H2,1H3. The predicted molar refractivity (Wildman–Crippen MR) is 143 cm³/mol. The maximum absolute atomic E-state index is 12.9. The van der Waals surface area contributed by atoms with E-state index in [1.54, 1.807) is 0 Å². The molecule has 0 N–H and O–H groups in total. The van der Waals surface area contributed by atoms with Gasteiger partial charge in [0.05, 0.1) is 0 Å². The van der Waals surface area contributed by atoms with Crippen molar-refractivity contribution in [3.63, 3.8) is 0 Å². The van der Waals surface area contributed by atoms with E-state index in [9.17, 15) is 9.59 Å². The average Bonchev–Trinajstić information content (AvgIpc) is 2.88. The Bertz CT molecular complexity index is 1260. The topological polar surface area (TPSA) is 40.6 Å². The fraction of sp³-hybridized carbons (Fsp3) is 0.333. The van der Waals surface area contributed by atoms with Gasteiger partial charge in [0, 0.05) is 60.9 Å². The Morgan fingerprint density at radius 1 is 0.886 bits per heavy atom. The van der Waals surface area contributed by atoms with E-state index in [0.717, 1.165) is 78.4 Å². The average molecular weight is 487 g/mol. The van der Waals surface area contributed by atoms with Crippen LogP contribution in [0.5, 0.6) is 0 Å². The van der Waals surface area contributed by atoms with Crippen molar-refractivity contribution in [2.75, 3.05) is 37.6 Å². The second-order valence-electron chi connectivity index (χ2n) is 9.66. The number of benzene rings is 3. The highest BCUT2D eigenvalue weighted by atomic mass is 35.5. The molecule has 0 amide bonds. The third kappa shape index (κ3) is 5.19. The maximum Gasteiger partial charge on any atom is 0.167 e. The number of piperazine rings is 1. The summed E-state index contributed by atoms with van der Waals surface area (Å²) in [5.41, 5.74) is 7.01. The summed E-state index contributed by atoms with van der Waals surface area (Å²) in [7, 11) is 0. The molecule has 1 aliphatic carbocycles. The van der Waals surface area contributed by atoms with Crippen molar-refractivity contribution in [1.29, 1.82) is 0 Å². The zero-order valence-electron chi connectivity index (χ0n) is 20.2. The van der Waals surface area contributed by atoms with Crippen LogP contribution in [-0.4, -0.2) is 49.2 Å². The van der Waals surface area contributed by atoms with Gasteiger partial charge in [0.1, 0.15) is 0 Å². The molecule has 3 aromatic carbocycles. The molecule has 0 unspecified atom stereocenters. The van der Waals surface area contributed by atoms with E-state index in [1.807, 2.05) is 48.5 Å². The molecule has 0 radical (unpaired) electrons. The number of hydrogen-bond donors (Lipinski definition) is 0. The molecule has 0 atom stereocenters. The van der Waals surface area contributed by atoms with Gasteiger partial charge in [-0.3, -0.25) is 14.5 Å². The summed E-state index contributed by atoms with van der Waals surface area (Å²) in [5, 5.41) is 0.785. The van der Waals surface area contributed by atoms with Gasteiger partial charge in [0.25, 0.3) is 0 Å². The number of Topliss-reactive ketones (excluding diaryl/α,β-unsaturated/α-hetero) is 2. The van der Waals surface area contributed by atoms with Crippen molar-refractivity contribution in [2.24, 2.45) is 0 Å². The first-order chi connectivity index (χ1) is 17.0. The minimum Gasteiger partial charge on any atom is -0.369 e. The van der Waals surface area contributed by atoms with Crippen molar-refractivity contribution < 1.29 is 9.59 Å². The van der Waals surface area contributed by atoms with Gasteiger partial charge in [-0.15, -0.1) is 0 Å². The molecule has 4 nitrogen and oxygen atoms in total. The second kappa shape index (κ2) is 10.3. The fourth-order valence-electron chi connectivity index (χ4n) is 5.31. The third-order valence-corrected chi connectivity index (χ3v) is 7.54. The summed E-state index contributed by atoms with van der Waals surface area (Å²) < 4.78 is 0. The van der Waals surface area contributed by atoms with Crippen molar-refractivity contribution in [1.82, 2.24) is 4.90 Å². The fourth-order valence-corrected chi connectivity index (χ4v) is 5.47. The quantitative estimate of drug-likeness (QED) is 0.293. The highest BCUT2D eigenvalue weighted by molar-refractivity contribution is 6.30. The van der Waals surface area contributed by atoms with E-state index in [-0.39, 0.29) is 11.6 Å². The zero-order valence-corrected chi connectivity index (χ0v) is 21.0. The van der Waals surface area contributed by atoms with Crippen LogP contribution >= 0.6 is 11.6 Å². The van der Waals surface area contributed by atoms with Crippen molar-refractivity contribution >= 4 is 28.9 Å². The molecule has 1 fully saturated rings. The molecule has 0 bridgehead atoms. The van der Waals surface area contributed by atoms with E-state index in [4.69, 9.17) is 11.6 Å². The van der Waals surface area contributed by atoms with Crippen molar-refractivity contribution in [2.45, 2.75) is 32.6 Å². The Morgan fingerprint density at radius 3 is 2.46 bits per heavy atom. The van der Waals surface area contributed by atoms with Crippen molar-refractivity contribution in [3.8, 4) is 11.1 Å². The largest absolute Gasteiger partial charge is 0.369 e. The minimum atomic E-state index is 0.128. The number of carbonyl (C=O) groups is 2. The Hall–Kier alpha value is -2.95. The highest BCUT2D eigenvalue weighted by Crippen LogP contribution is 2.34. The smallest absolute Gasteiger partial charge is 0.167 e. The van der Waals surface area contributed by atoms with E-state index in [1.165, 1.54) is 11.3 Å². The molecular weight excluding hydrogens is 456 g/mol. The molecule has 0 saturated carbocycles. The van der Waals surface area contributed by atoms with E-state index in [0.29, 0.717) is 12.8 Å². The molecule has 3 aromatic rings. The highest BCUT2D eigenvalue weighted by Gasteiger charge is 2.23. The first-order valence-electron chi connectivity index (χ1n) is 12.5. The number of fused-ring (bicyclic) bond motifs is 3.